The van der Waals surface area contributed by atoms with Crippen LogP contribution in [0.2, 0.25) is 5.02 Å². The predicted octanol–water partition coefficient (Wildman–Crippen LogP) is 12.9. The average Bonchev–Trinajstić information content (AvgIpc) is 0.913. The number of urea groups is 2. The summed E-state index contributed by atoms with van der Waals surface area (Å²) in [6.07, 6.45) is 2.52. The van der Waals surface area contributed by atoms with E-state index in [4.69, 9.17) is 63.1 Å². The first kappa shape index (κ1) is 83.9. The van der Waals surface area contributed by atoms with Crippen LogP contribution in [0, 0.1) is 24.7 Å². The summed E-state index contributed by atoms with van der Waals surface area (Å²) in [7, 11) is 1.62. The third kappa shape index (κ3) is 28.2. The molecular weight excluding hydrogens is 1370 g/mol. The number of amides is 7. The van der Waals surface area contributed by atoms with Gasteiger partial charge in [-0.1, -0.05) is 184 Å². The number of ether oxygens (including phenoxy) is 6. The number of carbonyl (C=O) groups is 7. The van der Waals surface area contributed by atoms with Crippen LogP contribution in [0.5, 0.6) is 0 Å². The largest absolute Gasteiger partial charge is 0.465 e. The van der Waals surface area contributed by atoms with Gasteiger partial charge in [0.2, 0.25) is 17.7 Å². The van der Waals surface area contributed by atoms with Crippen molar-refractivity contribution in [1.82, 2.24) is 16.0 Å². The second-order valence-electron chi connectivity index (χ2n) is 25.4. The summed E-state index contributed by atoms with van der Waals surface area (Å²) in [5.74, 6) is -3.24. The Bertz CT molecular complexity index is 3730. The van der Waals surface area contributed by atoms with E-state index in [9.17, 15) is 38.7 Å². The normalized spacial score (nSPS) is 12.8. The number of hydrogen-bond donors (Lipinski definition) is 8. The number of alkyl halides is 1. The number of nitrogens with two attached hydrogens (primary N) is 2. The van der Waals surface area contributed by atoms with Gasteiger partial charge in [0.15, 0.2) is 5.78 Å². The molecule has 558 valence electrons. The van der Waals surface area contributed by atoms with Crippen LogP contribution >= 0.6 is 23.2 Å². The van der Waals surface area contributed by atoms with Crippen molar-refractivity contribution < 1.29 is 67.1 Å². The Morgan fingerprint density at radius 1 is 0.567 bits per heavy atom. The lowest BCUT2D eigenvalue weighted by Gasteiger charge is -2.30. The van der Waals surface area contributed by atoms with Crippen molar-refractivity contribution >= 4 is 76.1 Å². The summed E-state index contributed by atoms with van der Waals surface area (Å²) < 4.78 is 32.5. The molecule has 0 spiro atoms. The highest BCUT2D eigenvalue weighted by atomic mass is 35.5. The number of anilines is 2. The number of esters is 1. The van der Waals surface area contributed by atoms with Gasteiger partial charge in [0.25, 0.3) is 0 Å². The van der Waals surface area contributed by atoms with Crippen LogP contribution in [0.15, 0.2) is 176 Å². The van der Waals surface area contributed by atoms with E-state index in [1.54, 1.807) is 43.5 Å². The fourth-order valence-electron chi connectivity index (χ4n) is 11.7. The molecule has 0 heterocycles. The van der Waals surface area contributed by atoms with E-state index in [0.29, 0.717) is 100 Å². The van der Waals surface area contributed by atoms with Crippen molar-refractivity contribution in [3.8, 4) is 11.1 Å². The number of methoxy groups -OCH3 is 1. The number of fused-ring (bicyclic) bond motifs is 3. The van der Waals surface area contributed by atoms with E-state index in [1.807, 2.05) is 105 Å². The Labute approximate surface area is 621 Å². The van der Waals surface area contributed by atoms with Crippen LogP contribution in [-0.2, 0) is 70.5 Å². The van der Waals surface area contributed by atoms with Crippen molar-refractivity contribution in [1.29, 1.82) is 0 Å². The molecule has 0 aliphatic heterocycles. The number of carbonyl (C=O) groups excluding carboxylic acids is 7. The summed E-state index contributed by atoms with van der Waals surface area (Å²) in [4.78, 5) is 86.4. The summed E-state index contributed by atoms with van der Waals surface area (Å²) in [6.45, 7) is 12.5. The molecule has 1 unspecified atom stereocenters. The highest BCUT2D eigenvalue weighted by Gasteiger charge is 2.36. The third-order valence-electron chi connectivity index (χ3n) is 17.1. The number of hydrogen-bond acceptors (Lipinski definition) is 14. The van der Waals surface area contributed by atoms with Crippen molar-refractivity contribution in [3.63, 3.8) is 0 Å². The molecule has 21 nitrogen and oxygen atoms in total. The zero-order chi connectivity index (χ0) is 75.1. The van der Waals surface area contributed by atoms with Crippen LogP contribution in [-0.4, -0.2) is 132 Å². The first-order chi connectivity index (χ1) is 50.2. The number of rotatable bonds is 41. The molecule has 0 bridgehead atoms. The van der Waals surface area contributed by atoms with E-state index in [-0.39, 0.29) is 81.0 Å². The summed E-state index contributed by atoms with van der Waals surface area (Å²) in [6, 6.07) is 54.4. The average molecular weight is 1470 g/mol. The SMILES string of the molecule is CCCOCCOCCOCCOCCC(=O)N[C@H](C(=O)C[C@@H](CCCNC(N)=O)C(=O)Nc1ccc(CO)cc1)C(C)C.COCc1ccc(NC(=O)[C@H](CCCNC(N)=O)CC(=O)OCC2c3ccccc3-c3ccccc32)cc1.Cc1ccc(C(Cl)(c2ccccc2)c2ccccc2Cl)cc1. The van der Waals surface area contributed by atoms with Gasteiger partial charge in [-0.05, 0) is 120 Å². The lowest BCUT2D eigenvalue weighted by molar-refractivity contribution is -0.146. The molecule has 0 aromatic heterocycles. The van der Waals surface area contributed by atoms with Crippen LogP contribution < -0.4 is 38.1 Å². The molecule has 7 amide bonds. The first-order valence-corrected chi connectivity index (χ1v) is 36.0. The Hall–Kier alpha value is -9.03. The number of halogens is 2. The van der Waals surface area contributed by atoms with Gasteiger partial charge in [-0.15, -0.1) is 11.6 Å². The molecule has 8 rings (SSSR count). The molecule has 1 aliphatic rings. The van der Waals surface area contributed by atoms with Crippen LogP contribution in [0.4, 0.5) is 21.0 Å². The number of ketones is 1. The Kier molecular flexibility index (Phi) is 37.1. The molecule has 7 aromatic carbocycles. The maximum atomic E-state index is 13.3. The number of aliphatic hydroxyl groups is 1. The standard InChI is InChI=1S/C31H52N4O9.C30H33N3O5.C20H16Cl2/c1-4-13-41-15-17-43-19-20-44-18-16-42-14-11-28(38)35-29(23(2)3)27(37)21-25(6-5-12-33-31(32)40)30(39)34-26-9-7-24(22-36)8-10-26;1-37-18-20-12-14-22(15-13-20)33-29(35)21(7-6-16-32-30(31)36)17-28(34)38-19-27-25-10-4-2-8-23(25)24-9-3-5-11-26(24)27;1-15-11-13-17(14-12-15)20(22,16-7-3-2-4-8-16)18-9-5-6-10-19(18)21/h7-10,23,25,29,36H,4-6,11-22H2,1-3H3,(H,34,39)(H,35,38)(H3,32,33,40);2-5,8-15,21,27H,6-7,16-19H2,1H3,(H,33,35)(H3,31,32,36);2-14H,1H3/t25-,29+;21-;/m11./s1. The molecule has 0 saturated carbocycles. The molecule has 0 fully saturated rings. The van der Waals surface area contributed by atoms with Crippen molar-refractivity contribution in [2.45, 2.75) is 109 Å². The first-order valence-electron chi connectivity index (χ1n) is 35.2. The number of Topliss-reactive ketones (excluding diaryl/α,β-unsaturated/α-hetero) is 1. The van der Waals surface area contributed by atoms with Crippen molar-refractivity contribution in [2.75, 3.05) is 90.3 Å². The number of benzene rings is 7. The summed E-state index contributed by atoms with van der Waals surface area (Å²) in [5, 5.41) is 23.4. The van der Waals surface area contributed by atoms with Crippen LogP contribution in [0.1, 0.15) is 123 Å². The van der Waals surface area contributed by atoms with Gasteiger partial charge in [-0.3, -0.25) is 24.0 Å². The lowest BCUT2D eigenvalue weighted by Crippen LogP contribution is -2.45. The number of primary amides is 2. The number of aryl methyl sites for hydroxylation is 1. The Morgan fingerprint density at radius 2 is 1.04 bits per heavy atom. The molecule has 104 heavy (non-hydrogen) atoms. The van der Waals surface area contributed by atoms with E-state index in [0.717, 1.165) is 57.5 Å². The summed E-state index contributed by atoms with van der Waals surface area (Å²) in [5.41, 5.74) is 21.8. The van der Waals surface area contributed by atoms with Gasteiger partial charge < -0.3 is 71.6 Å². The van der Waals surface area contributed by atoms with E-state index >= 15 is 0 Å². The third-order valence-corrected chi connectivity index (χ3v) is 18.1. The fraction of sp³-hybridized carbons (Fsp3) is 0.395. The van der Waals surface area contributed by atoms with Crippen LogP contribution in [0.3, 0.4) is 0 Å². The number of aliphatic hydroxyl groups excluding tert-OH is 1. The highest BCUT2D eigenvalue weighted by molar-refractivity contribution is 6.34. The molecule has 23 heteroatoms. The second kappa shape index (κ2) is 45.9. The smallest absolute Gasteiger partial charge is 0.312 e. The van der Waals surface area contributed by atoms with Gasteiger partial charge in [-0.25, -0.2) is 9.59 Å². The minimum Gasteiger partial charge on any atom is -0.465 e. The zero-order valence-electron chi connectivity index (χ0n) is 60.1. The highest BCUT2D eigenvalue weighted by Crippen LogP contribution is 2.46. The van der Waals surface area contributed by atoms with Gasteiger partial charge >= 0.3 is 18.0 Å². The molecule has 0 saturated heterocycles. The topological polar surface area (TPSA) is 307 Å². The van der Waals surface area contributed by atoms with Crippen molar-refractivity contribution in [2.24, 2.45) is 29.2 Å². The minimum atomic E-state index is -0.798. The van der Waals surface area contributed by atoms with Crippen LogP contribution in [0.25, 0.3) is 11.1 Å². The zero-order valence-corrected chi connectivity index (χ0v) is 61.7. The molecular formula is C81H101Cl2N7O14. The van der Waals surface area contributed by atoms with E-state index in [1.165, 1.54) is 5.56 Å². The Morgan fingerprint density at radius 3 is 1.54 bits per heavy atom. The molecule has 4 atom stereocenters. The van der Waals surface area contributed by atoms with Gasteiger partial charge in [0.05, 0.1) is 71.9 Å². The van der Waals surface area contributed by atoms with E-state index in [2.05, 4.69) is 89.0 Å². The lowest BCUT2D eigenvalue weighted by atomic mass is 9.84. The monoisotopic (exact) mass is 1470 g/mol. The number of nitrogens with one attached hydrogen (secondary N) is 5. The molecule has 1 aliphatic carbocycles. The summed E-state index contributed by atoms with van der Waals surface area (Å²) >= 11 is 13.6. The fourth-order valence-corrected chi connectivity index (χ4v) is 12.4. The quantitative estimate of drug-likeness (QED) is 0.00765. The second-order valence-corrected chi connectivity index (χ2v) is 26.3. The molecule has 10 N–H and O–H groups in total. The van der Waals surface area contributed by atoms with Gasteiger partial charge in [-0.2, -0.15) is 0 Å². The Balaban J connectivity index is 0.000000256. The maximum absolute atomic E-state index is 13.3. The minimum absolute atomic E-state index is 0.0518. The molecule has 7 aromatic rings. The van der Waals surface area contributed by atoms with Crippen molar-refractivity contribution in [3.05, 3.63) is 225 Å². The maximum Gasteiger partial charge on any atom is 0.312 e. The predicted molar refractivity (Wildman–Crippen MR) is 406 cm³/mol. The molecule has 0 radical (unpaired) electrons. The van der Waals surface area contributed by atoms with Gasteiger partial charge in [0, 0.05) is 79.4 Å². The van der Waals surface area contributed by atoms with Gasteiger partial charge in [0.1, 0.15) is 11.5 Å². The van der Waals surface area contributed by atoms with E-state index < -0.39 is 40.8 Å².